The van der Waals surface area contributed by atoms with Gasteiger partial charge in [0, 0.05) is 30.9 Å². The fourth-order valence-corrected chi connectivity index (χ4v) is 2.63. The second kappa shape index (κ2) is 5.33. The highest BCUT2D eigenvalue weighted by molar-refractivity contribution is 7.71. The molecule has 3 rings (SSSR count). The van der Waals surface area contributed by atoms with Gasteiger partial charge in [-0.25, -0.2) is 4.98 Å². The third-order valence-corrected chi connectivity index (χ3v) is 4.01. The van der Waals surface area contributed by atoms with Crippen molar-refractivity contribution in [2.24, 2.45) is 7.05 Å². The van der Waals surface area contributed by atoms with Gasteiger partial charge < -0.3 is 10.3 Å². The van der Waals surface area contributed by atoms with Gasteiger partial charge in [-0.05, 0) is 19.1 Å². The van der Waals surface area contributed by atoms with Crippen molar-refractivity contribution in [1.29, 1.82) is 5.26 Å². The van der Waals surface area contributed by atoms with Gasteiger partial charge in [0.1, 0.15) is 17.5 Å². The molecule has 0 fully saturated rings. The van der Waals surface area contributed by atoms with Crippen LogP contribution in [0.3, 0.4) is 0 Å². The van der Waals surface area contributed by atoms with Gasteiger partial charge in [-0.2, -0.15) is 10.4 Å². The lowest BCUT2D eigenvalue weighted by atomic mass is 10.0. The number of anilines is 1. The number of nitriles is 1. The zero-order valence-corrected chi connectivity index (χ0v) is 13.3. The third kappa shape index (κ3) is 2.20. The number of aryl methyl sites for hydroxylation is 2. The monoisotopic (exact) mass is 327 g/mol. The normalized spacial score (nSPS) is 10.8. The van der Waals surface area contributed by atoms with Crippen LogP contribution in [0.5, 0.6) is 0 Å². The van der Waals surface area contributed by atoms with Crippen molar-refractivity contribution in [3.8, 4) is 17.2 Å². The van der Waals surface area contributed by atoms with E-state index in [0.29, 0.717) is 23.3 Å². The molecule has 3 N–H and O–H groups in total. The largest absolute Gasteiger partial charge is 0.383 e. The molecule has 8 nitrogen and oxygen atoms in total. The molecule has 0 radical (unpaired) electrons. The molecular formula is C14H13N7OS. The zero-order chi connectivity index (χ0) is 16.7. The molecule has 0 atom stereocenters. The number of nitrogen functional groups attached to an aromatic ring is 1. The summed E-state index contributed by atoms with van der Waals surface area (Å²) in [5.74, 6) is 0.0508. The highest BCUT2D eigenvalue weighted by Crippen LogP contribution is 2.31. The van der Waals surface area contributed by atoms with Gasteiger partial charge in [0.05, 0.1) is 11.6 Å². The predicted molar refractivity (Wildman–Crippen MR) is 88.2 cm³/mol. The first-order valence-electron chi connectivity index (χ1n) is 6.83. The summed E-state index contributed by atoms with van der Waals surface area (Å²) >= 11 is 5.10. The van der Waals surface area contributed by atoms with E-state index in [9.17, 15) is 10.1 Å². The average Bonchev–Trinajstić information content (AvgIpc) is 3.00. The van der Waals surface area contributed by atoms with Gasteiger partial charge in [-0.3, -0.25) is 14.5 Å². The Hall–Kier alpha value is -2.99. The molecule has 0 aromatic carbocycles. The van der Waals surface area contributed by atoms with E-state index >= 15 is 0 Å². The first-order valence-corrected chi connectivity index (χ1v) is 7.24. The van der Waals surface area contributed by atoms with E-state index in [-0.39, 0.29) is 21.5 Å². The zero-order valence-electron chi connectivity index (χ0n) is 12.5. The Kier molecular flexibility index (Phi) is 3.46. The summed E-state index contributed by atoms with van der Waals surface area (Å²) in [7, 11) is 1.68. The maximum atomic E-state index is 12.4. The molecule has 3 heterocycles. The number of nitrogens with zero attached hydrogens (tertiary/aromatic N) is 5. The van der Waals surface area contributed by atoms with Crippen LogP contribution in [-0.4, -0.2) is 24.3 Å². The Balaban J connectivity index is 2.57. The van der Waals surface area contributed by atoms with Crippen LogP contribution in [0.4, 0.5) is 5.82 Å². The van der Waals surface area contributed by atoms with Crippen molar-refractivity contribution >= 4 is 29.1 Å². The van der Waals surface area contributed by atoms with Gasteiger partial charge in [0.2, 0.25) is 0 Å². The molecule has 9 heteroatoms. The Morgan fingerprint density at radius 1 is 1.52 bits per heavy atom. The average molecular weight is 327 g/mol. The molecule has 0 saturated carbocycles. The summed E-state index contributed by atoms with van der Waals surface area (Å²) in [6, 6.07) is 2.03. The van der Waals surface area contributed by atoms with Gasteiger partial charge in [-0.1, -0.05) is 0 Å². The van der Waals surface area contributed by atoms with Crippen LogP contribution in [0.1, 0.15) is 12.5 Å². The van der Waals surface area contributed by atoms with Crippen LogP contribution in [0, 0.1) is 16.1 Å². The predicted octanol–water partition coefficient (Wildman–Crippen LogP) is 1.33. The molecule has 3 aromatic heterocycles. The SMILES string of the molecule is CCn1cc(-c2c(C#N)c(N)nc3c2c(=O)[nH]c(=S)n3C)cn1. The minimum Gasteiger partial charge on any atom is -0.383 e. The van der Waals surface area contributed by atoms with E-state index < -0.39 is 5.56 Å². The molecule has 0 aliphatic rings. The van der Waals surface area contributed by atoms with Crippen LogP contribution in [0.2, 0.25) is 0 Å². The van der Waals surface area contributed by atoms with Crippen molar-refractivity contribution in [1.82, 2.24) is 24.3 Å². The Bertz CT molecular complexity index is 1080. The fraction of sp³-hybridized carbons (Fsp3) is 0.214. The molecule has 0 aliphatic carbocycles. The van der Waals surface area contributed by atoms with E-state index in [1.54, 1.807) is 28.7 Å². The summed E-state index contributed by atoms with van der Waals surface area (Å²) < 4.78 is 3.49. The Morgan fingerprint density at radius 3 is 2.87 bits per heavy atom. The van der Waals surface area contributed by atoms with Crippen LogP contribution in [0.25, 0.3) is 22.2 Å². The van der Waals surface area contributed by atoms with E-state index in [0.717, 1.165) is 0 Å². The molecule has 23 heavy (non-hydrogen) atoms. The number of fused-ring (bicyclic) bond motifs is 1. The first-order chi connectivity index (χ1) is 11.0. The summed E-state index contributed by atoms with van der Waals surface area (Å²) in [5, 5.41) is 13.9. The summed E-state index contributed by atoms with van der Waals surface area (Å²) in [5.41, 5.74) is 7.04. The molecule has 0 aliphatic heterocycles. The number of nitrogens with one attached hydrogen (secondary N) is 1. The lowest BCUT2D eigenvalue weighted by Crippen LogP contribution is -2.16. The molecule has 116 valence electrons. The molecular weight excluding hydrogens is 314 g/mol. The number of aromatic amines is 1. The summed E-state index contributed by atoms with van der Waals surface area (Å²) in [6.07, 6.45) is 3.36. The number of hydrogen-bond acceptors (Lipinski definition) is 6. The Morgan fingerprint density at radius 2 is 2.26 bits per heavy atom. The summed E-state index contributed by atoms with van der Waals surface area (Å²) in [6.45, 7) is 2.61. The lowest BCUT2D eigenvalue weighted by molar-refractivity contribution is 0.660. The summed E-state index contributed by atoms with van der Waals surface area (Å²) in [4.78, 5) is 19.2. The number of hydrogen-bond donors (Lipinski definition) is 2. The van der Waals surface area contributed by atoms with Gasteiger partial charge in [0.25, 0.3) is 5.56 Å². The van der Waals surface area contributed by atoms with Crippen LogP contribution in [0.15, 0.2) is 17.2 Å². The van der Waals surface area contributed by atoms with Crippen molar-refractivity contribution in [3.63, 3.8) is 0 Å². The standard InChI is InChI=1S/C14H13N7OS/c1-3-21-6-7(5-17-21)9-8(4-15)11(16)18-12-10(9)13(22)19-14(23)20(12)2/h5-6H,3H2,1-2H3,(H2,16,18)(H,19,22,23). The first kappa shape index (κ1) is 14.9. The highest BCUT2D eigenvalue weighted by Gasteiger charge is 2.20. The maximum absolute atomic E-state index is 12.4. The molecule has 0 bridgehead atoms. The molecule has 0 amide bonds. The molecule has 3 aromatic rings. The van der Waals surface area contributed by atoms with Gasteiger partial charge >= 0.3 is 0 Å². The number of H-pyrrole nitrogens is 1. The van der Waals surface area contributed by atoms with Gasteiger partial charge in [0.15, 0.2) is 10.4 Å². The van der Waals surface area contributed by atoms with E-state index in [4.69, 9.17) is 18.0 Å². The second-order valence-electron chi connectivity index (χ2n) is 4.96. The van der Waals surface area contributed by atoms with Crippen LogP contribution < -0.4 is 11.3 Å². The minimum atomic E-state index is -0.411. The molecule has 0 unspecified atom stereocenters. The number of rotatable bonds is 2. The Labute approximate surface area is 135 Å². The van der Waals surface area contributed by atoms with E-state index in [2.05, 4.69) is 15.1 Å². The topological polar surface area (TPSA) is 118 Å². The molecule has 0 saturated heterocycles. The van der Waals surface area contributed by atoms with E-state index in [1.165, 1.54) is 0 Å². The number of nitrogens with two attached hydrogens (primary N) is 1. The maximum Gasteiger partial charge on any atom is 0.261 e. The highest BCUT2D eigenvalue weighted by atomic mass is 32.1. The lowest BCUT2D eigenvalue weighted by Gasteiger charge is -2.11. The quantitative estimate of drug-likeness (QED) is 0.685. The second-order valence-corrected chi connectivity index (χ2v) is 5.35. The van der Waals surface area contributed by atoms with Crippen molar-refractivity contribution in [2.75, 3.05) is 5.73 Å². The van der Waals surface area contributed by atoms with Gasteiger partial charge in [-0.15, -0.1) is 0 Å². The van der Waals surface area contributed by atoms with Crippen molar-refractivity contribution in [3.05, 3.63) is 33.1 Å². The van der Waals surface area contributed by atoms with Crippen molar-refractivity contribution in [2.45, 2.75) is 13.5 Å². The van der Waals surface area contributed by atoms with Crippen LogP contribution >= 0.6 is 12.2 Å². The molecule has 0 spiro atoms. The van der Waals surface area contributed by atoms with E-state index in [1.807, 2.05) is 13.0 Å². The number of pyridine rings is 1. The minimum absolute atomic E-state index is 0.0508. The fourth-order valence-electron chi connectivity index (χ4n) is 2.46. The van der Waals surface area contributed by atoms with Crippen LogP contribution in [-0.2, 0) is 13.6 Å². The van der Waals surface area contributed by atoms with Crippen molar-refractivity contribution < 1.29 is 0 Å². The smallest absolute Gasteiger partial charge is 0.261 e. The third-order valence-electron chi connectivity index (χ3n) is 3.63. The number of aromatic nitrogens is 5.